The van der Waals surface area contributed by atoms with Gasteiger partial charge in [0.2, 0.25) is 0 Å². The molecule has 0 amide bonds. The van der Waals surface area contributed by atoms with E-state index >= 15 is 0 Å². The molecule has 2 aliphatic carbocycles. The highest BCUT2D eigenvalue weighted by Gasteiger charge is 2.52. The Morgan fingerprint density at radius 2 is 1.04 bits per heavy atom. The predicted octanol–water partition coefficient (Wildman–Crippen LogP) is 15.3. The lowest BCUT2D eigenvalue weighted by Gasteiger charge is -2.32. The molecular weight excluding hydrogens is 857 g/mol. The van der Waals surface area contributed by atoms with Crippen LogP contribution in [0.2, 0.25) is 0 Å². The Kier molecular flexibility index (Phi) is 8.69. The minimum Gasteiger partial charge on any atom is -0.457 e. The normalized spacial score (nSPS) is 13.9. The minimum absolute atomic E-state index is 0.0572. The molecule has 334 valence electrons. The number of hydrogen-bond donors (Lipinski definition) is 0. The second kappa shape index (κ2) is 15.1. The van der Waals surface area contributed by atoms with Gasteiger partial charge in [0.15, 0.2) is 11.6 Å². The number of aromatic nitrogens is 4. The van der Waals surface area contributed by atoms with Gasteiger partial charge in [0.05, 0.1) is 22.1 Å². The van der Waals surface area contributed by atoms with E-state index in [1.807, 2.05) is 12.3 Å². The van der Waals surface area contributed by atoms with Crippen molar-refractivity contribution < 1.29 is 4.74 Å². The van der Waals surface area contributed by atoms with Crippen molar-refractivity contribution in [2.45, 2.75) is 31.6 Å². The highest BCUT2D eigenvalue weighted by Crippen LogP contribution is 2.63. The maximum atomic E-state index is 7.20. The lowest BCUT2D eigenvalue weighted by molar-refractivity contribution is 0.482. The molecule has 14 rings (SSSR count). The number of rotatable bonds is 7. The Bertz CT molecular complexity index is 3810. The van der Waals surface area contributed by atoms with Gasteiger partial charge in [-0.3, -0.25) is 4.57 Å². The number of nitrogens with zero attached hydrogens (tertiary/aromatic N) is 6. The summed E-state index contributed by atoms with van der Waals surface area (Å²) in [7, 11) is 0. The summed E-state index contributed by atoms with van der Waals surface area (Å²) >= 11 is 0. The summed E-state index contributed by atoms with van der Waals surface area (Å²) in [5, 5.41) is 2.50. The molecule has 0 N–H and O–H groups in total. The Morgan fingerprint density at radius 1 is 0.457 bits per heavy atom. The fraction of sp³-hybridized carbons (Fsp3) is 0.0952. The molecule has 0 bridgehead atoms. The van der Waals surface area contributed by atoms with Crippen molar-refractivity contribution in [3.8, 4) is 50.7 Å². The smallest absolute Gasteiger partial charge is 0.178 e. The van der Waals surface area contributed by atoms with Crippen molar-refractivity contribution >= 4 is 44.8 Å². The summed E-state index contributed by atoms with van der Waals surface area (Å²) in [6.45, 7) is 7.26. The zero-order valence-electron chi connectivity index (χ0n) is 39.0. The fourth-order valence-electron chi connectivity index (χ4n) is 11.8. The van der Waals surface area contributed by atoms with Crippen LogP contribution in [0.15, 0.2) is 213 Å². The van der Waals surface area contributed by atoms with Crippen LogP contribution in [-0.4, -0.2) is 26.2 Å². The Hall–Kier alpha value is -8.81. The van der Waals surface area contributed by atoms with E-state index in [9.17, 15) is 0 Å². The van der Waals surface area contributed by atoms with Gasteiger partial charge in [0, 0.05) is 58.3 Å². The van der Waals surface area contributed by atoms with E-state index < -0.39 is 5.41 Å². The maximum absolute atomic E-state index is 7.20. The van der Waals surface area contributed by atoms with Crippen LogP contribution in [0, 0.1) is 0 Å². The van der Waals surface area contributed by atoms with Crippen molar-refractivity contribution in [3.63, 3.8) is 0 Å². The zero-order valence-corrected chi connectivity index (χ0v) is 39.0. The molecule has 7 heteroatoms. The molecule has 0 radical (unpaired) electrons. The topological polar surface area (TPSA) is 59.3 Å². The molecule has 70 heavy (non-hydrogen) atoms. The van der Waals surface area contributed by atoms with E-state index in [2.05, 4.69) is 223 Å². The van der Waals surface area contributed by atoms with Gasteiger partial charge in [-0.25, -0.2) is 15.0 Å². The van der Waals surface area contributed by atoms with Crippen LogP contribution in [0.3, 0.4) is 0 Å². The van der Waals surface area contributed by atoms with Crippen molar-refractivity contribution in [2.75, 3.05) is 16.5 Å². The number of pyridine rings is 1. The van der Waals surface area contributed by atoms with Crippen LogP contribution >= 0.6 is 0 Å². The summed E-state index contributed by atoms with van der Waals surface area (Å²) in [4.78, 5) is 19.6. The van der Waals surface area contributed by atoms with Gasteiger partial charge in [-0.15, -0.1) is 0 Å². The Labute approximate surface area is 406 Å². The molecular formula is C63H46N6O. The second-order valence-corrected chi connectivity index (χ2v) is 19.6. The first-order valence-corrected chi connectivity index (χ1v) is 24.0. The third-order valence-corrected chi connectivity index (χ3v) is 14.8. The van der Waals surface area contributed by atoms with Crippen molar-refractivity contribution in [1.82, 2.24) is 19.5 Å². The number of hydrogen-bond acceptors (Lipinski definition) is 6. The number of anilines is 4. The van der Waals surface area contributed by atoms with Crippen LogP contribution in [0.25, 0.3) is 61.0 Å². The van der Waals surface area contributed by atoms with E-state index in [4.69, 9.17) is 19.7 Å². The van der Waals surface area contributed by atoms with Crippen LogP contribution in [0.4, 0.5) is 23.0 Å². The first-order valence-electron chi connectivity index (χ1n) is 24.0. The molecule has 3 aromatic heterocycles. The second-order valence-electron chi connectivity index (χ2n) is 19.6. The average molecular weight is 903 g/mol. The van der Waals surface area contributed by atoms with E-state index in [1.165, 1.54) is 49.7 Å². The van der Waals surface area contributed by atoms with Crippen molar-refractivity contribution in [3.05, 3.63) is 241 Å². The van der Waals surface area contributed by atoms with E-state index in [-0.39, 0.29) is 5.41 Å². The molecule has 0 saturated carbocycles. The van der Waals surface area contributed by atoms with Crippen LogP contribution < -0.4 is 14.5 Å². The molecule has 0 saturated heterocycles. The Balaban J connectivity index is 0.925. The van der Waals surface area contributed by atoms with Gasteiger partial charge in [-0.2, -0.15) is 0 Å². The SMILES string of the molecule is CC(C)(C)c1ccnc(-n2c3cccc4c3c3c(cc(Oc5cccc(N6CN(c7c(-c8ccccc8)cccc7-c7ccccc7)c7nccnc76)c5)cc32)C42c3ccccc3-c3ccccc32)c1. The molecule has 7 nitrogen and oxygen atoms in total. The average Bonchev–Trinajstić information content (AvgIpc) is 4.13. The molecule has 11 aromatic rings. The fourth-order valence-corrected chi connectivity index (χ4v) is 11.8. The lowest BCUT2D eigenvalue weighted by Crippen LogP contribution is -2.26. The summed E-state index contributed by atoms with van der Waals surface area (Å²) < 4.78 is 9.55. The van der Waals surface area contributed by atoms with E-state index in [1.54, 1.807) is 12.4 Å². The molecule has 0 fully saturated rings. The zero-order chi connectivity index (χ0) is 46.7. The van der Waals surface area contributed by atoms with Crippen LogP contribution in [-0.2, 0) is 10.8 Å². The van der Waals surface area contributed by atoms with Gasteiger partial charge in [-0.05, 0) is 91.9 Å². The first-order chi connectivity index (χ1) is 34.4. The quantitative estimate of drug-likeness (QED) is 0.159. The van der Waals surface area contributed by atoms with Crippen molar-refractivity contribution in [1.29, 1.82) is 0 Å². The van der Waals surface area contributed by atoms with Crippen LogP contribution in [0.5, 0.6) is 11.5 Å². The number of benzene rings is 8. The maximum Gasteiger partial charge on any atom is 0.178 e. The first kappa shape index (κ1) is 40.3. The molecule has 0 atom stereocenters. The van der Waals surface area contributed by atoms with E-state index in [0.717, 1.165) is 73.6 Å². The molecule has 1 aliphatic heterocycles. The lowest BCUT2D eigenvalue weighted by atomic mass is 9.70. The summed E-state index contributed by atoms with van der Waals surface area (Å²) in [6.07, 6.45) is 5.51. The predicted molar refractivity (Wildman–Crippen MR) is 283 cm³/mol. The van der Waals surface area contributed by atoms with Gasteiger partial charge >= 0.3 is 0 Å². The third kappa shape index (κ3) is 5.78. The highest BCUT2D eigenvalue weighted by molar-refractivity contribution is 6.19. The summed E-state index contributed by atoms with van der Waals surface area (Å²) in [5.41, 5.74) is 17.0. The van der Waals surface area contributed by atoms with Gasteiger partial charge < -0.3 is 14.5 Å². The molecule has 3 aliphatic rings. The summed E-state index contributed by atoms with van der Waals surface area (Å²) in [6, 6.07) is 69.8. The van der Waals surface area contributed by atoms with Crippen LogP contribution in [0.1, 0.15) is 48.6 Å². The van der Waals surface area contributed by atoms with E-state index in [0.29, 0.717) is 6.67 Å². The molecule has 1 spiro atoms. The standard InChI is InChI=1S/C63H46N6O/c1-62(2,3)42-31-32-64-56(35-42)69-54-30-16-29-52-57(54)58-53(63(52)50-27-12-10-23-48(50)49-24-11-13-28-51(49)63)37-45(38-55(58)69)70-44-22-14-21-43(36-44)67-39-68(61-60(67)65-33-34-66-61)59-46(40-17-6-4-7-18-40)25-15-26-47(59)41-19-8-5-9-20-41/h4-38H,39H2,1-3H3. The molecule has 4 heterocycles. The molecule has 0 unspecified atom stereocenters. The van der Waals surface area contributed by atoms with Crippen molar-refractivity contribution in [2.24, 2.45) is 0 Å². The number of para-hydroxylation sites is 1. The summed E-state index contributed by atoms with van der Waals surface area (Å²) in [5.74, 6) is 3.93. The monoisotopic (exact) mass is 902 g/mol. The van der Waals surface area contributed by atoms with Gasteiger partial charge in [0.1, 0.15) is 24.0 Å². The molecule has 8 aromatic carbocycles. The van der Waals surface area contributed by atoms with Gasteiger partial charge in [-0.1, -0.05) is 166 Å². The third-order valence-electron chi connectivity index (χ3n) is 14.8. The highest BCUT2D eigenvalue weighted by atomic mass is 16.5. The number of ether oxygens (including phenoxy) is 1. The largest absolute Gasteiger partial charge is 0.457 e. The number of fused-ring (bicyclic) bond motifs is 8. The Morgan fingerprint density at radius 3 is 1.73 bits per heavy atom. The van der Waals surface area contributed by atoms with Gasteiger partial charge in [0.25, 0.3) is 0 Å². The minimum atomic E-state index is -0.535.